The summed E-state index contributed by atoms with van der Waals surface area (Å²) in [6.07, 6.45) is 1.75. The fraction of sp³-hybridized carbons (Fsp3) is 0.267. The third-order valence-electron chi connectivity index (χ3n) is 2.91. The van der Waals surface area contributed by atoms with Crippen molar-refractivity contribution in [3.8, 4) is 5.75 Å². The second-order valence-corrected chi connectivity index (χ2v) is 4.44. The van der Waals surface area contributed by atoms with Crippen molar-refractivity contribution < 1.29 is 4.74 Å². The van der Waals surface area contributed by atoms with Gasteiger partial charge in [0.1, 0.15) is 12.4 Å². The quantitative estimate of drug-likeness (QED) is 0.891. The highest BCUT2D eigenvalue weighted by atomic mass is 16.5. The molecule has 19 heavy (non-hydrogen) atoms. The third-order valence-corrected chi connectivity index (χ3v) is 2.91. The minimum atomic E-state index is -0.0154. The first-order chi connectivity index (χ1) is 9.16. The Bertz CT molecular complexity index is 573. The lowest BCUT2D eigenvalue weighted by Crippen LogP contribution is -2.21. The Morgan fingerprint density at radius 3 is 2.58 bits per heavy atom. The van der Waals surface area contributed by atoms with Crippen LogP contribution in [0.1, 0.15) is 18.5 Å². The molecule has 0 unspecified atom stereocenters. The zero-order valence-corrected chi connectivity index (χ0v) is 11.0. The predicted octanol–water partition coefficient (Wildman–Crippen LogP) is 1.95. The highest BCUT2D eigenvalue weighted by Crippen LogP contribution is 2.15. The van der Waals surface area contributed by atoms with E-state index in [4.69, 9.17) is 10.5 Å². The highest BCUT2D eigenvalue weighted by Gasteiger charge is 2.00. The zero-order valence-electron chi connectivity index (χ0n) is 11.0. The molecule has 1 aromatic carbocycles. The summed E-state index contributed by atoms with van der Waals surface area (Å²) >= 11 is 0. The molecule has 0 aliphatic heterocycles. The van der Waals surface area contributed by atoms with E-state index in [2.05, 4.69) is 0 Å². The Morgan fingerprint density at radius 2 is 1.95 bits per heavy atom. The number of nitrogens with zero attached hydrogens (tertiary/aromatic N) is 1. The summed E-state index contributed by atoms with van der Waals surface area (Å²) in [6, 6.07) is 12.8. The fourth-order valence-corrected chi connectivity index (χ4v) is 1.77. The van der Waals surface area contributed by atoms with Gasteiger partial charge >= 0.3 is 0 Å². The Morgan fingerprint density at radius 1 is 1.21 bits per heavy atom. The van der Waals surface area contributed by atoms with E-state index in [1.807, 2.05) is 37.3 Å². The molecule has 0 radical (unpaired) electrons. The number of rotatable bonds is 5. The summed E-state index contributed by atoms with van der Waals surface area (Å²) < 4.78 is 7.22. The second-order valence-electron chi connectivity index (χ2n) is 4.44. The standard InChI is InChI=1S/C15H18N2O2/c1-12(16)13-5-7-14(8-6-13)19-11-10-17-9-3-2-4-15(17)18/h2-9,12H,10-11,16H2,1H3/t12-/m1/s1. The summed E-state index contributed by atoms with van der Waals surface area (Å²) in [5.74, 6) is 0.786. The second kappa shape index (κ2) is 6.20. The summed E-state index contributed by atoms with van der Waals surface area (Å²) in [4.78, 5) is 11.5. The van der Waals surface area contributed by atoms with Crippen molar-refractivity contribution in [2.45, 2.75) is 19.5 Å². The van der Waals surface area contributed by atoms with Gasteiger partial charge in [-0.2, -0.15) is 0 Å². The van der Waals surface area contributed by atoms with Gasteiger partial charge in [0.05, 0.1) is 6.54 Å². The Labute approximate surface area is 112 Å². The number of aromatic nitrogens is 1. The van der Waals surface area contributed by atoms with Crippen molar-refractivity contribution in [2.24, 2.45) is 5.73 Å². The molecule has 0 spiro atoms. The van der Waals surface area contributed by atoms with E-state index >= 15 is 0 Å². The predicted molar refractivity (Wildman–Crippen MR) is 75.2 cm³/mol. The van der Waals surface area contributed by atoms with E-state index in [1.54, 1.807) is 16.8 Å². The van der Waals surface area contributed by atoms with Crippen LogP contribution >= 0.6 is 0 Å². The van der Waals surface area contributed by atoms with Gasteiger partial charge in [-0.1, -0.05) is 18.2 Å². The maximum absolute atomic E-state index is 11.5. The Kier molecular flexibility index (Phi) is 4.36. The van der Waals surface area contributed by atoms with E-state index in [0.29, 0.717) is 13.2 Å². The zero-order chi connectivity index (χ0) is 13.7. The monoisotopic (exact) mass is 258 g/mol. The molecule has 2 N–H and O–H groups in total. The molecule has 0 saturated carbocycles. The molecule has 4 nitrogen and oxygen atoms in total. The molecule has 0 amide bonds. The molecule has 0 saturated heterocycles. The van der Waals surface area contributed by atoms with E-state index in [0.717, 1.165) is 11.3 Å². The van der Waals surface area contributed by atoms with Crippen molar-refractivity contribution in [2.75, 3.05) is 6.61 Å². The highest BCUT2D eigenvalue weighted by molar-refractivity contribution is 5.28. The SMILES string of the molecule is C[C@@H](N)c1ccc(OCCn2ccccc2=O)cc1. The first kappa shape index (κ1) is 13.4. The van der Waals surface area contributed by atoms with Crippen molar-refractivity contribution in [3.63, 3.8) is 0 Å². The summed E-state index contributed by atoms with van der Waals surface area (Å²) in [7, 11) is 0. The molecule has 0 fully saturated rings. The van der Waals surface area contributed by atoms with Crippen LogP contribution in [0, 0.1) is 0 Å². The topological polar surface area (TPSA) is 57.2 Å². The normalized spacial score (nSPS) is 12.1. The van der Waals surface area contributed by atoms with E-state index in [9.17, 15) is 4.79 Å². The third kappa shape index (κ3) is 3.69. The van der Waals surface area contributed by atoms with E-state index in [-0.39, 0.29) is 11.6 Å². The van der Waals surface area contributed by atoms with Crippen LogP contribution in [0.3, 0.4) is 0 Å². The molecule has 0 aliphatic carbocycles. The Balaban J connectivity index is 1.89. The number of ether oxygens (including phenoxy) is 1. The van der Waals surface area contributed by atoms with Gasteiger partial charge in [-0.05, 0) is 30.7 Å². The van der Waals surface area contributed by atoms with Gasteiger partial charge < -0.3 is 15.0 Å². The number of nitrogens with two attached hydrogens (primary N) is 1. The lowest BCUT2D eigenvalue weighted by atomic mass is 10.1. The molecular formula is C15H18N2O2. The maximum Gasteiger partial charge on any atom is 0.250 e. The lowest BCUT2D eigenvalue weighted by Gasteiger charge is -2.09. The molecular weight excluding hydrogens is 240 g/mol. The van der Waals surface area contributed by atoms with Gasteiger partial charge in [-0.25, -0.2) is 0 Å². The lowest BCUT2D eigenvalue weighted by molar-refractivity contribution is 0.296. The minimum Gasteiger partial charge on any atom is -0.492 e. The van der Waals surface area contributed by atoms with E-state index < -0.39 is 0 Å². The fourth-order valence-electron chi connectivity index (χ4n) is 1.77. The molecule has 0 bridgehead atoms. The molecule has 100 valence electrons. The van der Waals surface area contributed by atoms with E-state index in [1.165, 1.54) is 6.07 Å². The van der Waals surface area contributed by atoms with Crippen molar-refractivity contribution in [1.29, 1.82) is 0 Å². The molecule has 2 aromatic rings. The van der Waals surface area contributed by atoms with Crippen LogP contribution in [-0.2, 0) is 6.54 Å². The van der Waals surface area contributed by atoms with Gasteiger partial charge in [-0.3, -0.25) is 4.79 Å². The summed E-state index contributed by atoms with van der Waals surface area (Å²) in [5.41, 5.74) is 6.84. The average molecular weight is 258 g/mol. The molecule has 1 atom stereocenters. The van der Waals surface area contributed by atoms with Gasteiger partial charge in [0.15, 0.2) is 0 Å². The van der Waals surface area contributed by atoms with Crippen molar-refractivity contribution in [3.05, 3.63) is 64.6 Å². The van der Waals surface area contributed by atoms with Crippen LogP contribution in [0.5, 0.6) is 5.75 Å². The van der Waals surface area contributed by atoms with Crippen molar-refractivity contribution >= 4 is 0 Å². The van der Waals surface area contributed by atoms with Crippen LogP contribution in [0.2, 0.25) is 0 Å². The number of pyridine rings is 1. The molecule has 2 rings (SSSR count). The molecule has 1 heterocycles. The molecule has 1 aromatic heterocycles. The van der Waals surface area contributed by atoms with Gasteiger partial charge in [0.2, 0.25) is 0 Å². The first-order valence-corrected chi connectivity index (χ1v) is 6.30. The average Bonchev–Trinajstić information content (AvgIpc) is 2.41. The van der Waals surface area contributed by atoms with Crippen LogP contribution in [0.25, 0.3) is 0 Å². The minimum absolute atomic E-state index is 0.0154. The van der Waals surface area contributed by atoms with Crippen LogP contribution in [0.4, 0.5) is 0 Å². The Hall–Kier alpha value is -2.07. The number of hydrogen-bond acceptors (Lipinski definition) is 3. The number of benzene rings is 1. The smallest absolute Gasteiger partial charge is 0.250 e. The van der Waals surface area contributed by atoms with Gasteiger partial charge in [0, 0.05) is 18.3 Å². The maximum atomic E-state index is 11.5. The van der Waals surface area contributed by atoms with Gasteiger partial charge in [-0.15, -0.1) is 0 Å². The van der Waals surface area contributed by atoms with Gasteiger partial charge in [0.25, 0.3) is 5.56 Å². The first-order valence-electron chi connectivity index (χ1n) is 6.30. The number of hydrogen-bond donors (Lipinski definition) is 1. The molecule has 4 heteroatoms. The van der Waals surface area contributed by atoms with Crippen molar-refractivity contribution in [1.82, 2.24) is 4.57 Å². The molecule has 0 aliphatic rings. The van der Waals surface area contributed by atoms with Crippen LogP contribution in [0.15, 0.2) is 53.5 Å². The summed E-state index contributed by atoms with van der Waals surface area (Å²) in [5, 5.41) is 0. The largest absolute Gasteiger partial charge is 0.492 e. The summed E-state index contributed by atoms with van der Waals surface area (Å²) in [6.45, 7) is 2.94. The van der Waals surface area contributed by atoms with Crippen LogP contribution < -0.4 is 16.0 Å². The van der Waals surface area contributed by atoms with Crippen LogP contribution in [-0.4, -0.2) is 11.2 Å².